The van der Waals surface area contributed by atoms with E-state index in [2.05, 4.69) is 0 Å². The van der Waals surface area contributed by atoms with Crippen LogP contribution in [0.5, 0.6) is 5.75 Å². The molecule has 0 spiro atoms. The predicted molar refractivity (Wildman–Crippen MR) is 99.3 cm³/mol. The molecule has 9 heteroatoms. The first-order valence-corrected chi connectivity index (χ1v) is 8.65. The van der Waals surface area contributed by atoms with Crippen LogP contribution in [0.15, 0.2) is 12.1 Å². The molecule has 1 aromatic carbocycles. The van der Waals surface area contributed by atoms with Gasteiger partial charge in [0.1, 0.15) is 17.5 Å². The van der Waals surface area contributed by atoms with E-state index in [0.29, 0.717) is 25.9 Å². The lowest BCUT2D eigenvalue weighted by Crippen LogP contribution is -2.44. The van der Waals surface area contributed by atoms with Crippen LogP contribution in [0.3, 0.4) is 0 Å². The van der Waals surface area contributed by atoms with E-state index < -0.39 is 17.4 Å². The number of anilines is 1. The monoisotopic (exact) mass is 378 g/mol. The number of nitrogens with two attached hydrogens (primary N) is 3. The summed E-state index contributed by atoms with van der Waals surface area (Å²) in [5, 5.41) is 0. The lowest BCUT2D eigenvalue weighted by atomic mass is 10.0. The molecular formula is C18H26N4O5. The molecule has 27 heavy (non-hydrogen) atoms. The number of nitrogen functional groups attached to an aromatic ring is 1. The normalized spacial score (nSPS) is 15.3. The number of hydrogen-bond acceptors (Lipinski definition) is 6. The van der Waals surface area contributed by atoms with Crippen LogP contribution in [0.2, 0.25) is 0 Å². The molecule has 0 saturated carbocycles. The number of benzene rings is 1. The Morgan fingerprint density at radius 1 is 1.04 bits per heavy atom. The van der Waals surface area contributed by atoms with E-state index in [1.54, 1.807) is 25.7 Å². The van der Waals surface area contributed by atoms with E-state index in [1.165, 1.54) is 12.1 Å². The molecule has 1 saturated heterocycles. The van der Waals surface area contributed by atoms with Gasteiger partial charge in [-0.25, -0.2) is 4.79 Å². The summed E-state index contributed by atoms with van der Waals surface area (Å²) in [5.74, 6) is -1.52. The summed E-state index contributed by atoms with van der Waals surface area (Å²) in [6.45, 7) is 6.26. The molecule has 0 aliphatic carbocycles. The summed E-state index contributed by atoms with van der Waals surface area (Å²) in [6.07, 6.45) is 0.299. The highest BCUT2D eigenvalue weighted by Crippen LogP contribution is 2.30. The van der Waals surface area contributed by atoms with E-state index in [0.717, 1.165) is 0 Å². The average molecular weight is 378 g/mol. The highest BCUT2D eigenvalue weighted by atomic mass is 16.6. The molecule has 2 rings (SSSR count). The van der Waals surface area contributed by atoms with E-state index >= 15 is 0 Å². The summed E-state index contributed by atoms with van der Waals surface area (Å²) in [5.41, 5.74) is 16.1. The van der Waals surface area contributed by atoms with E-state index in [9.17, 15) is 14.4 Å². The summed E-state index contributed by atoms with van der Waals surface area (Å²) in [6, 6.07) is 2.69. The quantitative estimate of drug-likeness (QED) is 0.671. The predicted octanol–water partition coefficient (Wildman–Crippen LogP) is 1.24. The number of ether oxygens (including phenoxy) is 2. The first kappa shape index (κ1) is 20.3. The summed E-state index contributed by atoms with van der Waals surface area (Å²) >= 11 is 0. The van der Waals surface area contributed by atoms with Gasteiger partial charge in [-0.3, -0.25) is 9.59 Å². The number of rotatable bonds is 4. The Morgan fingerprint density at radius 3 is 1.93 bits per heavy atom. The van der Waals surface area contributed by atoms with Crippen molar-refractivity contribution in [3.63, 3.8) is 0 Å². The van der Waals surface area contributed by atoms with Crippen molar-refractivity contribution in [2.24, 2.45) is 11.5 Å². The van der Waals surface area contributed by atoms with Gasteiger partial charge in [0.15, 0.2) is 0 Å². The van der Waals surface area contributed by atoms with Gasteiger partial charge in [0, 0.05) is 31.6 Å². The molecular weight excluding hydrogens is 352 g/mol. The number of amides is 3. The SMILES string of the molecule is CC(C)(C)OC(=O)N1CCC(Oc2c(C(N)=O)cc(N)cc2C(N)=O)CC1. The highest BCUT2D eigenvalue weighted by Gasteiger charge is 2.29. The topological polar surface area (TPSA) is 151 Å². The van der Waals surface area contributed by atoms with Crippen molar-refractivity contribution < 1.29 is 23.9 Å². The van der Waals surface area contributed by atoms with Crippen molar-refractivity contribution in [3.8, 4) is 5.75 Å². The zero-order valence-corrected chi connectivity index (χ0v) is 15.8. The highest BCUT2D eigenvalue weighted by molar-refractivity contribution is 6.04. The van der Waals surface area contributed by atoms with Gasteiger partial charge in [-0.1, -0.05) is 0 Å². The Balaban J connectivity index is 2.12. The molecule has 0 unspecified atom stereocenters. The van der Waals surface area contributed by atoms with Gasteiger partial charge in [0.2, 0.25) is 0 Å². The van der Waals surface area contributed by atoms with Crippen LogP contribution in [0.4, 0.5) is 10.5 Å². The van der Waals surface area contributed by atoms with Crippen LogP contribution >= 0.6 is 0 Å². The molecule has 1 aromatic rings. The van der Waals surface area contributed by atoms with Gasteiger partial charge in [-0.15, -0.1) is 0 Å². The molecule has 9 nitrogen and oxygen atoms in total. The number of likely N-dealkylation sites (tertiary alicyclic amines) is 1. The van der Waals surface area contributed by atoms with E-state index in [4.69, 9.17) is 26.7 Å². The summed E-state index contributed by atoms with van der Waals surface area (Å²) < 4.78 is 11.2. The van der Waals surface area contributed by atoms with Gasteiger partial charge in [0.25, 0.3) is 11.8 Å². The van der Waals surface area contributed by atoms with Gasteiger partial charge < -0.3 is 31.6 Å². The third-order valence-corrected chi connectivity index (χ3v) is 4.02. The molecule has 6 N–H and O–H groups in total. The van der Waals surface area contributed by atoms with Gasteiger partial charge in [-0.05, 0) is 32.9 Å². The van der Waals surface area contributed by atoms with Crippen molar-refractivity contribution in [1.82, 2.24) is 4.90 Å². The minimum absolute atomic E-state index is 0.00151. The van der Waals surface area contributed by atoms with Crippen LogP contribution in [-0.2, 0) is 4.74 Å². The molecule has 1 aliphatic heterocycles. The van der Waals surface area contributed by atoms with E-state index in [1.807, 2.05) is 0 Å². The molecule has 1 aliphatic rings. The molecule has 1 fully saturated rings. The Kier molecular flexibility index (Phi) is 5.82. The third-order valence-electron chi connectivity index (χ3n) is 4.02. The van der Waals surface area contributed by atoms with Gasteiger partial charge >= 0.3 is 6.09 Å². The minimum Gasteiger partial charge on any atom is -0.489 e. The number of nitrogens with zero attached hydrogens (tertiary/aromatic N) is 1. The van der Waals surface area contributed by atoms with Crippen LogP contribution in [0, 0.1) is 0 Å². The number of piperidine rings is 1. The lowest BCUT2D eigenvalue weighted by molar-refractivity contribution is 0.0126. The summed E-state index contributed by atoms with van der Waals surface area (Å²) in [7, 11) is 0. The molecule has 0 radical (unpaired) electrons. The smallest absolute Gasteiger partial charge is 0.410 e. The Morgan fingerprint density at radius 2 is 1.52 bits per heavy atom. The Bertz CT molecular complexity index is 714. The van der Waals surface area contributed by atoms with E-state index in [-0.39, 0.29) is 34.8 Å². The maximum atomic E-state index is 12.1. The first-order valence-electron chi connectivity index (χ1n) is 8.65. The Labute approximate surface area is 157 Å². The minimum atomic E-state index is -0.772. The van der Waals surface area contributed by atoms with Crippen molar-refractivity contribution in [2.45, 2.75) is 45.3 Å². The molecule has 3 amide bonds. The van der Waals surface area contributed by atoms with Crippen LogP contribution in [0.25, 0.3) is 0 Å². The van der Waals surface area contributed by atoms with Gasteiger partial charge in [0.05, 0.1) is 11.1 Å². The molecule has 148 valence electrons. The summed E-state index contributed by atoms with van der Waals surface area (Å²) in [4.78, 5) is 37.2. The number of carbonyl (C=O) groups excluding carboxylic acids is 3. The molecule has 1 heterocycles. The second kappa shape index (κ2) is 7.73. The van der Waals surface area contributed by atoms with Gasteiger partial charge in [-0.2, -0.15) is 0 Å². The maximum absolute atomic E-state index is 12.1. The fourth-order valence-corrected chi connectivity index (χ4v) is 2.79. The lowest BCUT2D eigenvalue weighted by Gasteiger charge is -2.34. The maximum Gasteiger partial charge on any atom is 0.410 e. The zero-order valence-electron chi connectivity index (χ0n) is 15.8. The number of primary amides is 2. The first-order chi connectivity index (χ1) is 12.5. The molecule has 0 aromatic heterocycles. The fourth-order valence-electron chi connectivity index (χ4n) is 2.79. The van der Waals surface area contributed by atoms with Crippen molar-refractivity contribution in [1.29, 1.82) is 0 Å². The second-order valence-corrected chi connectivity index (χ2v) is 7.46. The molecule has 0 bridgehead atoms. The molecule has 0 atom stereocenters. The van der Waals surface area contributed by atoms with Crippen molar-refractivity contribution >= 4 is 23.6 Å². The third kappa shape index (κ3) is 5.25. The van der Waals surface area contributed by atoms with Crippen LogP contribution < -0.4 is 21.9 Å². The largest absolute Gasteiger partial charge is 0.489 e. The van der Waals surface area contributed by atoms with Crippen molar-refractivity contribution in [2.75, 3.05) is 18.8 Å². The standard InChI is InChI=1S/C18H26N4O5/c1-18(2,3)27-17(25)22-6-4-11(5-7-22)26-14-12(15(20)23)8-10(19)9-13(14)16(21)24/h8-9,11H,4-7,19H2,1-3H3,(H2,20,23)(H2,21,24). The van der Waals surface area contributed by atoms with Crippen LogP contribution in [0.1, 0.15) is 54.3 Å². The Hall–Kier alpha value is -2.97. The number of hydrogen-bond donors (Lipinski definition) is 3. The van der Waals surface area contributed by atoms with Crippen LogP contribution in [-0.4, -0.2) is 47.6 Å². The second-order valence-electron chi connectivity index (χ2n) is 7.46. The fraction of sp³-hybridized carbons (Fsp3) is 0.500. The van der Waals surface area contributed by atoms with Crippen molar-refractivity contribution in [3.05, 3.63) is 23.3 Å². The zero-order chi connectivity index (χ0) is 20.4. The average Bonchev–Trinajstić information content (AvgIpc) is 2.54. The number of carbonyl (C=O) groups is 3.